The van der Waals surface area contributed by atoms with Crippen LogP contribution in [-0.2, 0) is 13.5 Å². The fourth-order valence-corrected chi connectivity index (χ4v) is 2.44. The van der Waals surface area contributed by atoms with Crippen molar-refractivity contribution in [1.29, 1.82) is 0 Å². The molecule has 0 saturated heterocycles. The molecule has 102 valence electrons. The van der Waals surface area contributed by atoms with E-state index in [0.717, 1.165) is 35.1 Å². The third kappa shape index (κ3) is 3.14. The summed E-state index contributed by atoms with van der Waals surface area (Å²) in [5, 5.41) is 8.55. The molecule has 1 N–H and O–H groups in total. The Morgan fingerprint density at radius 1 is 1.42 bits per heavy atom. The van der Waals surface area contributed by atoms with Crippen molar-refractivity contribution in [3.8, 4) is 0 Å². The standard InChI is InChI=1S/C14H19ClN4/c1-4-16-12(11-7-5-6-8-17-11)9-13-14(15)10(2)18-19(13)3/h5-8,12,16H,4,9H2,1-3H3. The van der Waals surface area contributed by atoms with Crippen LogP contribution < -0.4 is 5.32 Å². The molecule has 2 aromatic heterocycles. The molecule has 0 saturated carbocycles. The molecule has 0 aliphatic carbocycles. The van der Waals surface area contributed by atoms with Crippen molar-refractivity contribution in [2.24, 2.45) is 7.05 Å². The number of aromatic nitrogens is 3. The van der Waals surface area contributed by atoms with Gasteiger partial charge >= 0.3 is 0 Å². The summed E-state index contributed by atoms with van der Waals surface area (Å²) in [5.41, 5.74) is 2.94. The van der Waals surface area contributed by atoms with Gasteiger partial charge in [-0.15, -0.1) is 0 Å². The molecule has 2 heterocycles. The summed E-state index contributed by atoms with van der Waals surface area (Å²) >= 11 is 6.31. The van der Waals surface area contributed by atoms with Gasteiger partial charge in [0.1, 0.15) is 0 Å². The van der Waals surface area contributed by atoms with Gasteiger partial charge in [-0.1, -0.05) is 24.6 Å². The van der Waals surface area contributed by atoms with E-state index in [2.05, 4.69) is 22.3 Å². The van der Waals surface area contributed by atoms with Gasteiger partial charge in [0.05, 0.1) is 28.1 Å². The van der Waals surface area contributed by atoms with Crippen molar-refractivity contribution >= 4 is 11.6 Å². The summed E-state index contributed by atoms with van der Waals surface area (Å²) < 4.78 is 1.85. The maximum Gasteiger partial charge on any atom is 0.0847 e. The van der Waals surface area contributed by atoms with E-state index >= 15 is 0 Å². The summed E-state index contributed by atoms with van der Waals surface area (Å²) in [5.74, 6) is 0. The Labute approximate surface area is 118 Å². The summed E-state index contributed by atoms with van der Waals surface area (Å²) in [6.07, 6.45) is 2.59. The van der Waals surface area contributed by atoms with E-state index in [9.17, 15) is 0 Å². The van der Waals surface area contributed by atoms with Gasteiger partial charge in [0, 0.05) is 19.7 Å². The average molecular weight is 279 g/mol. The van der Waals surface area contributed by atoms with Gasteiger partial charge in [-0.25, -0.2) is 0 Å². The molecule has 0 radical (unpaired) electrons. The monoisotopic (exact) mass is 278 g/mol. The van der Waals surface area contributed by atoms with Gasteiger partial charge < -0.3 is 5.32 Å². The molecular formula is C14H19ClN4. The number of halogens is 1. The van der Waals surface area contributed by atoms with Gasteiger partial charge in [-0.2, -0.15) is 5.10 Å². The second-order valence-electron chi connectivity index (χ2n) is 4.54. The van der Waals surface area contributed by atoms with Gasteiger partial charge in [-0.05, 0) is 25.6 Å². The van der Waals surface area contributed by atoms with Crippen LogP contribution in [0.1, 0.15) is 30.0 Å². The number of rotatable bonds is 5. The quantitative estimate of drug-likeness (QED) is 0.914. The van der Waals surface area contributed by atoms with Gasteiger partial charge in [-0.3, -0.25) is 9.67 Å². The Bertz CT molecular complexity index is 536. The highest BCUT2D eigenvalue weighted by atomic mass is 35.5. The van der Waals surface area contributed by atoms with Crippen LogP contribution in [0.5, 0.6) is 0 Å². The van der Waals surface area contributed by atoms with Crippen molar-refractivity contribution < 1.29 is 0 Å². The SMILES string of the molecule is CCNC(Cc1c(Cl)c(C)nn1C)c1ccccn1. The van der Waals surface area contributed by atoms with Crippen LogP contribution in [0, 0.1) is 6.92 Å². The first-order valence-electron chi connectivity index (χ1n) is 6.45. The predicted molar refractivity (Wildman–Crippen MR) is 77.3 cm³/mol. The summed E-state index contributed by atoms with van der Waals surface area (Å²) in [6, 6.07) is 6.11. The molecule has 4 nitrogen and oxygen atoms in total. The highest BCUT2D eigenvalue weighted by Gasteiger charge is 2.18. The molecule has 0 bridgehead atoms. The van der Waals surface area contributed by atoms with E-state index in [1.807, 2.05) is 43.0 Å². The van der Waals surface area contributed by atoms with E-state index in [4.69, 9.17) is 11.6 Å². The van der Waals surface area contributed by atoms with Crippen LogP contribution in [0.15, 0.2) is 24.4 Å². The highest BCUT2D eigenvalue weighted by molar-refractivity contribution is 6.31. The molecule has 2 rings (SSSR count). The number of likely N-dealkylation sites (N-methyl/N-ethyl adjacent to an activating group) is 1. The lowest BCUT2D eigenvalue weighted by Gasteiger charge is -2.17. The zero-order valence-corrected chi connectivity index (χ0v) is 12.3. The molecule has 5 heteroatoms. The number of pyridine rings is 1. The number of hydrogen-bond acceptors (Lipinski definition) is 3. The number of nitrogens with zero attached hydrogens (tertiary/aromatic N) is 3. The molecule has 0 spiro atoms. The maximum atomic E-state index is 6.31. The fraction of sp³-hybridized carbons (Fsp3) is 0.429. The van der Waals surface area contributed by atoms with Crippen molar-refractivity contribution in [2.45, 2.75) is 26.3 Å². The Balaban J connectivity index is 2.26. The summed E-state index contributed by atoms with van der Waals surface area (Å²) in [4.78, 5) is 4.42. The van der Waals surface area contributed by atoms with Crippen molar-refractivity contribution in [3.63, 3.8) is 0 Å². The van der Waals surface area contributed by atoms with Gasteiger partial charge in [0.15, 0.2) is 0 Å². The van der Waals surface area contributed by atoms with Crippen LogP contribution >= 0.6 is 11.6 Å². The molecule has 2 aromatic rings. The third-order valence-corrected chi connectivity index (χ3v) is 3.65. The van der Waals surface area contributed by atoms with Crippen LogP contribution in [0.25, 0.3) is 0 Å². The van der Waals surface area contributed by atoms with Gasteiger partial charge in [0.25, 0.3) is 0 Å². The third-order valence-electron chi connectivity index (χ3n) is 3.15. The van der Waals surface area contributed by atoms with E-state index in [0.29, 0.717) is 0 Å². The molecule has 0 aliphatic rings. The normalized spacial score (nSPS) is 12.6. The second kappa shape index (κ2) is 6.17. The van der Waals surface area contributed by atoms with Crippen molar-refractivity contribution in [2.75, 3.05) is 6.54 Å². The highest BCUT2D eigenvalue weighted by Crippen LogP contribution is 2.24. The maximum absolute atomic E-state index is 6.31. The number of nitrogens with one attached hydrogen (secondary N) is 1. The molecule has 1 unspecified atom stereocenters. The second-order valence-corrected chi connectivity index (χ2v) is 4.92. The van der Waals surface area contributed by atoms with E-state index in [1.54, 1.807) is 0 Å². The fourth-order valence-electron chi connectivity index (χ4n) is 2.20. The van der Waals surface area contributed by atoms with Crippen LogP contribution in [-0.4, -0.2) is 21.3 Å². The molecular weight excluding hydrogens is 260 g/mol. The lowest BCUT2D eigenvalue weighted by atomic mass is 10.1. The molecule has 0 aromatic carbocycles. The topological polar surface area (TPSA) is 42.7 Å². The largest absolute Gasteiger partial charge is 0.309 e. The van der Waals surface area contributed by atoms with Gasteiger partial charge in [0.2, 0.25) is 0 Å². The number of aryl methyl sites for hydroxylation is 2. The molecule has 0 fully saturated rings. The minimum Gasteiger partial charge on any atom is -0.309 e. The summed E-state index contributed by atoms with van der Waals surface area (Å²) in [7, 11) is 1.93. The average Bonchev–Trinajstić information content (AvgIpc) is 2.65. The zero-order valence-electron chi connectivity index (χ0n) is 11.5. The number of hydrogen-bond donors (Lipinski definition) is 1. The molecule has 0 aliphatic heterocycles. The first-order chi connectivity index (χ1) is 9.13. The van der Waals surface area contributed by atoms with E-state index in [-0.39, 0.29) is 6.04 Å². The van der Waals surface area contributed by atoms with Crippen LogP contribution in [0.2, 0.25) is 5.02 Å². The predicted octanol–water partition coefficient (Wildman–Crippen LogP) is 2.67. The Morgan fingerprint density at radius 2 is 2.21 bits per heavy atom. The van der Waals surface area contributed by atoms with Crippen molar-refractivity contribution in [3.05, 3.63) is 46.5 Å². The molecule has 19 heavy (non-hydrogen) atoms. The minimum absolute atomic E-state index is 0.151. The van der Waals surface area contributed by atoms with E-state index < -0.39 is 0 Å². The lowest BCUT2D eigenvalue weighted by molar-refractivity contribution is 0.517. The lowest BCUT2D eigenvalue weighted by Crippen LogP contribution is -2.24. The first kappa shape index (κ1) is 14.0. The van der Waals surface area contributed by atoms with Crippen LogP contribution in [0.3, 0.4) is 0 Å². The Morgan fingerprint density at radius 3 is 2.74 bits per heavy atom. The van der Waals surface area contributed by atoms with Crippen LogP contribution in [0.4, 0.5) is 0 Å². The van der Waals surface area contributed by atoms with E-state index in [1.165, 1.54) is 0 Å². The first-order valence-corrected chi connectivity index (χ1v) is 6.83. The minimum atomic E-state index is 0.151. The zero-order chi connectivity index (χ0) is 13.8. The summed E-state index contributed by atoms with van der Waals surface area (Å²) in [6.45, 7) is 4.90. The Kier molecular flexibility index (Phi) is 4.56. The van der Waals surface area contributed by atoms with Crippen molar-refractivity contribution in [1.82, 2.24) is 20.1 Å². The smallest absolute Gasteiger partial charge is 0.0847 e. The molecule has 0 amide bonds. The Hall–Kier alpha value is -1.39. The molecule has 1 atom stereocenters.